The molecule has 1 aliphatic carbocycles. The molecule has 0 radical (unpaired) electrons. The predicted octanol–water partition coefficient (Wildman–Crippen LogP) is 2.05. The molecule has 0 fully saturated rings. The van der Waals surface area contributed by atoms with E-state index in [0.29, 0.717) is 11.7 Å². The quantitative estimate of drug-likeness (QED) is 0.724. The second-order valence-corrected chi connectivity index (χ2v) is 4.03. The molecule has 1 atom stereocenters. The summed E-state index contributed by atoms with van der Waals surface area (Å²) in [7, 11) is 0. The Morgan fingerprint density at radius 1 is 1.40 bits per heavy atom. The number of aliphatic hydroxyl groups excluding tert-OH is 1. The Morgan fingerprint density at radius 2 is 2.27 bits per heavy atom. The highest BCUT2D eigenvalue weighted by molar-refractivity contribution is 5.41. The number of aromatic hydroxyl groups is 1. The van der Waals surface area contributed by atoms with E-state index in [4.69, 9.17) is 5.11 Å². The van der Waals surface area contributed by atoms with E-state index in [9.17, 15) is 5.11 Å². The highest BCUT2D eigenvalue weighted by atomic mass is 16.3. The molecule has 0 spiro atoms. The molecule has 0 aliphatic heterocycles. The van der Waals surface area contributed by atoms with Gasteiger partial charge in [0.25, 0.3) is 0 Å². The second kappa shape index (κ2) is 4.49. The highest BCUT2D eigenvalue weighted by Gasteiger charge is 2.18. The van der Waals surface area contributed by atoms with Crippen LogP contribution in [0, 0.1) is 5.92 Å². The molecular weight excluding hydrogens is 188 g/mol. The monoisotopic (exact) mass is 204 g/mol. The van der Waals surface area contributed by atoms with Gasteiger partial charge in [-0.1, -0.05) is 24.3 Å². The highest BCUT2D eigenvalue weighted by Crippen LogP contribution is 2.31. The van der Waals surface area contributed by atoms with Crippen LogP contribution in [-0.2, 0) is 12.8 Å². The molecule has 1 aromatic rings. The molecule has 0 amide bonds. The third kappa shape index (κ3) is 2.21. The fourth-order valence-electron chi connectivity index (χ4n) is 2.23. The van der Waals surface area contributed by atoms with Crippen molar-refractivity contribution in [2.45, 2.75) is 19.3 Å². The van der Waals surface area contributed by atoms with Crippen LogP contribution in [0.2, 0.25) is 0 Å². The molecule has 2 N–H and O–H groups in total. The first-order chi connectivity index (χ1) is 7.31. The van der Waals surface area contributed by atoms with Gasteiger partial charge in [-0.15, -0.1) is 0 Å². The van der Waals surface area contributed by atoms with Gasteiger partial charge in [0.15, 0.2) is 0 Å². The standard InChI is InChI=1S/C13H16O2/c14-8-2-3-10-6-7-12-11(9-10)4-1-5-13(12)15/h1-5,10,14-15H,6-9H2. The zero-order valence-electron chi connectivity index (χ0n) is 8.69. The maximum Gasteiger partial charge on any atom is 0.119 e. The Balaban J connectivity index is 2.17. The Labute approximate surface area is 89.9 Å². The molecule has 15 heavy (non-hydrogen) atoms. The van der Waals surface area contributed by atoms with Crippen molar-refractivity contribution in [1.82, 2.24) is 0 Å². The van der Waals surface area contributed by atoms with Crippen LogP contribution in [0.4, 0.5) is 0 Å². The topological polar surface area (TPSA) is 40.5 Å². The summed E-state index contributed by atoms with van der Waals surface area (Å²) in [5.41, 5.74) is 2.35. The Morgan fingerprint density at radius 3 is 3.07 bits per heavy atom. The number of benzene rings is 1. The molecule has 0 bridgehead atoms. The Kier molecular flexibility index (Phi) is 3.07. The van der Waals surface area contributed by atoms with Gasteiger partial charge < -0.3 is 10.2 Å². The summed E-state index contributed by atoms with van der Waals surface area (Å²) in [6, 6.07) is 5.73. The van der Waals surface area contributed by atoms with E-state index < -0.39 is 0 Å². The summed E-state index contributed by atoms with van der Waals surface area (Å²) in [6.45, 7) is 0.114. The van der Waals surface area contributed by atoms with E-state index in [0.717, 1.165) is 24.8 Å². The molecule has 0 saturated carbocycles. The van der Waals surface area contributed by atoms with Crippen molar-refractivity contribution in [3.8, 4) is 5.75 Å². The lowest BCUT2D eigenvalue weighted by atomic mass is 9.83. The average Bonchev–Trinajstić information content (AvgIpc) is 2.26. The molecule has 1 unspecified atom stereocenters. The summed E-state index contributed by atoms with van der Waals surface area (Å²) in [6.07, 6.45) is 6.84. The van der Waals surface area contributed by atoms with Gasteiger partial charge in [0, 0.05) is 0 Å². The minimum Gasteiger partial charge on any atom is -0.508 e. The Bertz CT molecular complexity index is 369. The van der Waals surface area contributed by atoms with Gasteiger partial charge >= 0.3 is 0 Å². The summed E-state index contributed by atoms with van der Waals surface area (Å²) >= 11 is 0. The van der Waals surface area contributed by atoms with Gasteiger partial charge in [-0.25, -0.2) is 0 Å². The first-order valence-electron chi connectivity index (χ1n) is 5.38. The van der Waals surface area contributed by atoms with Crippen molar-refractivity contribution in [3.63, 3.8) is 0 Å². The lowest BCUT2D eigenvalue weighted by Crippen LogP contribution is -2.12. The van der Waals surface area contributed by atoms with E-state index in [-0.39, 0.29) is 6.61 Å². The molecular formula is C13H16O2. The molecule has 1 aliphatic rings. The van der Waals surface area contributed by atoms with E-state index in [1.54, 1.807) is 12.1 Å². The average molecular weight is 204 g/mol. The Hall–Kier alpha value is -1.28. The minimum atomic E-state index is 0.114. The molecule has 80 valence electrons. The molecule has 2 nitrogen and oxygen atoms in total. The van der Waals surface area contributed by atoms with Gasteiger partial charge in [-0.2, -0.15) is 0 Å². The molecule has 2 heteroatoms. The zero-order chi connectivity index (χ0) is 10.7. The van der Waals surface area contributed by atoms with Gasteiger partial charge in [-0.3, -0.25) is 0 Å². The fraction of sp³-hybridized carbons (Fsp3) is 0.385. The van der Waals surface area contributed by atoms with E-state index >= 15 is 0 Å². The fourth-order valence-corrected chi connectivity index (χ4v) is 2.23. The summed E-state index contributed by atoms with van der Waals surface area (Å²) < 4.78 is 0. The number of allylic oxidation sites excluding steroid dienone is 1. The number of hydrogen-bond donors (Lipinski definition) is 2. The van der Waals surface area contributed by atoms with Crippen molar-refractivity contribution < 1.29 is 10.2 Å². The number of phenolic OH excluding ortho intramolecular Hbond substituents is 1. The van der Waals surface area contributed by atoms with Gasteiger partial charge in [-0.05, 0) is 42.4 Å². The second-order valence-electron chi connectivity index (χ2n) is 4.03. The van der Waals surface area contributed by atoms with E-state index in [2.05, 4.69) is 12.1 Å². The number of fused-ring (bicyclic) bond motifs is 1. The third-order valence-corrected chi connectivity index (χ3v) is 3.01. The van der Waals surface area contributed by atoms with Crippen molar-refractivity contribution >= 4 is 0 Å². The van der Waals surface area contributed by atoms with Gasteiger partial charge in [0.05, 0.1) is 6.61 Å². The van der Waals surface area contributed by atoms with Crippen LogP contribution in [0.25, 0.3) is 0 Å². The van der Waals surface area contributed by atoms with Crippen LogP contribution in [0.15, 0.2) is 30.4 Å². The van der Waals surface area contributed by atoms with Crippen LogP contribution < -0.4 is 0 Å². The molecule has 0 aromatic heterocycles. The number of rotatable bonds is 2. The zero-order valence-corrected chi connectivity index (χ0v) is 8.69. The van der Waals surface area contributed by atoms with Crippen LogP contribution in [0.5, 0.6) is 5.75 Å². The first kappa shape index (κ1) is 10.2. The maximum absolute atomic E-state index is 9.66. The molecule has 0 heterocycles. The molecule has 0 saturated heterocycles. The van der Waals surface area contributed by atoms with Gasteiger partial charge in [0.1, 0.15) is 5.75 Å². The SMILES string of the molecule is OCC=CC1CCc2c(O)cccc2C1. The first-order valence-corrected chi connectivity index (χ1v) is 5.38. The number of aliphatic hydroxyl groups is 1. The molecule has 1 aromatic carbocycles. The van der Waals surface area contributed by atoms with E-state index in [1.165, 1.54) is 5.56 Å². The lowest BCUT2D eigenvalue weighted by molar-refractivity contribution is 0.341. The van der Waals surface area contributed by atoms with Crippen molar-refractivity contribution in [3.05, 3.63) is 41.5 Å². The van der Waals surface area contributed by atoms with Crippen LogP contribution >= 0.6 is 0 Å². The smallest absolute Gasteiger partial charge is 0.119 e. The van der Waals surface area contributed by atoms with E-state index in [1.807, 2.05) is 6.07 Å². The number of hydrogen-bond acceptors (Lipinski definition) is 2. The van der Waals surface area contributed by atoms with Crippen molar-refractivity contribution in [1.29, 1.82) is 0 Å². The van der Waals surface area contributed by atoms with Gasteiger partial charge in [0.2, 0.25) is 0 Å². The third-order valence-electron chi connectivity index (χ3n) is 3.01. The van der Waals surface area contributed by atoms with Crippen molar-refractivity contribution in [2.75, 3.05) is 6.61 Å². The summed E-state index contributed by atoms with van der Waals surface area (Å²) in [5, 5.41) is 18.4. The number of phenols is 1. The van der Waals surface area contributed by atoms with Crippen molar-refractivity contribution in [2.24, 2.45) is 5.92 Å². The normalized spacial score (nSPS) is 20.5. The summed E-state index contributed by atoms with van der Waals surface area (Å²) in [4.78, 5) is 0. The maximum atomic E-state index is 9.66. The largest absolute Gasteiger partial charge is 0.508 e. The van der Waals surface area contributed by atoms with Crippen LogP contribution in [0.3, 0.4) is 0 Å². The van der Waals surface area contributed by atoms with Crippen LogP contribution in [0.1, 0.15) is 17.5 Å². The minimum absolute atomic E-state index is 0.114. The molecule has 2 rings (SSSR count). The summed E-state index contributed by atoms with van der Waals surface area (Å²) in [5.74, 6) is 0.934. The van der Waals surface area contributed by atoms with Crippen LogP contribution in [-0.4, -0.2) is 16.8 Å². The predicted molar refractivity (Wildman–Crippen MR) is 59.8 cm³/mol. The lowest BCUT2D eigenvalue weighted by Gasteiger charge is -2.22.